The highest BCUT2D eigenvalue weighted by molar-refractivity contribution is 5.92. The number of carbonyl (C=O) groups excluding carboxylic acids is 2. The summed E-state index contributed by atoms with van der Waals surface area (Å²) in [6.45, 7) is 4.89. The van der Waals surface area contributed by atoms with Crippen LogP contribution in [0.1, 0.15) is 41.7 Å². The molecule has 0 radical (unpaired) electrons. The molecule has 2 atom stereocenters. The van der Waals surface area contributed by atoms with Gasteiger partial charge in [0.05, 0.1) is 17.9 Å². The summed E-state index contributed by atoms with van der Waals surface area (Å²) >= 11 is 0. The van der Waals surface area contributed by atoms with E-state index in [9.17, 15) is 9.59 Å². The summed E-state index contributed by atoms with van der Waals surface area (Å²) in [5, 5.41) is 14.5. The Bertz CT molecular complexity index is 863. The third kappa shape index (κ3) is 5.17. The van der Waals surface area contributed by atoms with Gasteiger partial charge in [0.1, 0.15) is 0 Å². The van der Waals surface area contributed by atoms with Crippen LogP contribution in [0, 0.1) is 12.8 Å². The Morgan fingerprint density at radius 2 is 2.00 bits per heavy atom. The van der Waals surface area contributed by atoms with E-state index < -0.39 is 0 Å². The molecule has 0 aliphatic carbocycles. The molecule has 0 bridgehead atoms. The van der Waals surface area contributed by atoms with Crippen LogP contribution < -0.4 is 10.6 Å². The number of piperidine rings is 1. The number of nitrogens with one attached hydrogen (secondary N) is 2. The summed E-state index contributed by atoms with van der Waals surface area (Å²) in [6, 6.07) is 7.86. The number of rotatable bonds is 5. The number of aryl methyl sites for hydroxylation is 1. The normalized spacial score (nSPS) is 21.2. The molecule has 2 fully saturated rings. The van der Waals surface area contributed by atoms with Crippen molar-refractivity contribution in [1.29, 1.82) is 0 Å². The molecule has 2 saturated heterocycles. The number of nitrogens with zero attached hydrogens (tertiary/aromatic N) is 4. The minimum atomic E-state index is -0.100. The van der Waals surface area contributed by atoms with Crippen molar-refractivity contribution >= 4 is 24.2 Å². The maximum Gasteiger partial charge on any atom is 0.276 e. The van der Waals surface area contributed by atoms with Crippen LogP contribution in [0.2, 0.25) is 0 Å². The fourth-order valence-electron chi connectivity index (χ4n) is 4.04. The molecule has 1 aromatic heterocycles. The zero-order chi connectivity index (χ0) is 20.2. The van der Waals surface area contributed by atoms with Gasteiger partial charge in [0.2, 0.25) is 5.91 Å². The first-order valence-corrected chi connectivity index (χ1v) is 10.4. The zero-order valence-electron chi connectivity index (χ0n) is 17.2. The van der Waals surface area contributed by atoms with E-state index in [2.05, 4.69) is 20.9 Å². The van der Waals surface area contributed by atoms with Crippen molar-refractivity contribution in [2.24, 2.45) is 5.92 Å². The van der Waals surface area contributed by atoms with Crippen LogP contribution in [-0.4, -0.2) is 63.9 Å². The lowest BCUT2D eigenvalue weighted by molar-refractivity contribution is -0.123. The Labute approximate surface area is 182 Å². The van der Waals surface area contributed by atoms with Gasteiger partial charge < -0.3 is 15.5 Å². The zero-order valence-corrected chi connectivity index (χ0v) is 18.0. The van der Waals surface area contributed by atoms with Crippen molar-refractivity contribution < 1.29 is 9.59 Å². The monoisotopic (exact) mass is 432 g/mol. The van der Waals surface area contributed by atoms with Crippen LogP contribution in [-0.2, 0) is 4.79 Å². The number of likely N-dealkylation sites (tertiary alicyclic amines) is 1. The highest BCUT2D eigenvalue weighted by Crippen LogP contribution is 2.18. The molecular formula is C21H29ClN6O2. The molecule has 162 valence electrons. The molecule has 30 heavy (non-hydrogen) atoms. The standard InChI is InChI=1S/C21H28N6O2.ClH/c1-15-6-8-17(9-7-15)27-14-19(24-25-27)21(29)26-11-3-4-16(13-26)12-23-20(28)18-5-2-10-22-18;/h6-9,14,16,18,22H,2-5,10-13H2,1H3,(H,23,28);1H. The smallest absolute Gasteiger partial charge is 0.276 e. The van der Waals surface area contributed by atoms with Gasteiger partial charge in [0.25, 0.3) is 5.91 Å². The Hall–Kier alpha value is -2.45. The van der Waals surface area contributed by atoms with Gasteiger partial charge in [-0.05, 0) is 57.2 Å². The van der Waals surface area contributed by atoms with Crippen LogP contribution in [0.4, 0.5) is 0 Å². The first-order valence-electron chi connectivity index (χ1n) is 10.4. The number of carbonyl (C=O) groups is 2. The lowest BCUT2D eigenvalue weighted by Crippen LogP contribution is -2.46. The summed E-state index contributed by atoms with van der Waals surface area (Å²) in [6.07, 6.45) is 5.58. The van der Waals surface area contributed by atoms with Gasteiger partial charge in [-0.3, -0.25) is 9.59 Å². The number of halogens is 1. The van der Waals surface area contributed by atoms with Crippen LogP contribution >= 0.6 is 12.4 Å². The maximum absolute atomic E-state index is 12.9. The summed E-state index contributed by atoms with van der Waals surface area (Å²) in [4.78, 5) is 26.9. The Morgan fingerprint density at radius 1 is 1.20 bits per heavy atom. The summed E-state index contributed by atoms with van der Waals surface area (Å²) < 4.78 is 1.63. The van der Waals surface area contributed by atoms with E-state index in [0.717, 1.165) is 37.9 Å². The molecule has 1 aromatic carbocycles. The van der Waals surface area contributed by atoms with Crippen molar-refractivity contribution in [2.45, 2.75) is 38.6 Å². The van der Waals surface area contributed by atoms with E-state index in [1.165, 1.54) is 5.56 Å². The van der Waals surface area contributed by atoms with Gasteiger partial charge in [0.15, 0.2) is 5.69 Å². The average Bonchev–Trinajstić information content (AvgIpc) is 3.45. The first kappa shape index (κ1) is 22.2. The second-order valence-electron chi connectivity index (χ2n) is 8.04. The van der Waals surface area contributed by atoms with E-state index in [4.69, 9.17) is 0 Å². The average molecular weight is 433 g/mol. The van der Waals surface area contributed by atoms with Crippen molar-refractivity contribution in [3.63, 3.8) is 0 Å². The molecular weight excluding hydrogens is 404 g/mol. The molecule has 2 N–H and O–H groups in total. The number of benzene rings is 1. The third-order valence-corrected chi connectivity index (χ3v) is 5.76. The first-order chi connectivity index (χ1) is 14.1. The lowest BCUT2D eigenvalue weighted by Gasteiger charge is -2.32. The van der Waals surface area contributed by atoms with E-state index in [1.54, 1.807) is 10.9 Å². The fourth-order valence-corrected chi connectivity index (χ4v) is 4.04. The second-order valence-corrected chi connectivity index (χ2v) is 8.04. The van der Waals surface area contributed by atoms with Crippen LogP contribution in [0.5, 0.6) is 0 Å². The van der Waals surface area contributed by atoms with Crippen LogP contribution in [0.3, 0.4) is 0 Å². The largest absolute Gasteiger partial charge is 0.354 e. The molecule has 2 aliphatic heterocycles. The van der Waals surface area contributed by atoms with E-state index in [-0.39, 0.29) is 36.2 Å². The maximum atomic E-state index is 12.9. The summed E-state index contributed by atoms with van der Waals surface area (Å²) in [7, 11) is 0. The quantitative estimate of drug-likeness (QED) is 0.750. The van der Waals surface area contributed by atoms with Gasteiger partial charge in [-0.25, -0.2) is 4.68 Å². The second kappa shape index (κ2) is 10.0. The number of hydrogen-bond acceptors (Lipinski definition) is 5. The van der Waals surface area contributed by atoms with Gasteiger partial charge in [-0.2, -0.15) is 0 Å². The van der Waals surface area contributed by atoms with E-state index >= 15 is 0 Å². The topological polar surface area (TPSA) is 92.2 Å². The van der Waals surface area contributed by atoms with Crippen molar-refractivity contribution in [3.8, 4) is 5.69 Å². The van der Waals surface area contributed by atoms with Gasteiger partial charge in [0, 0.05) is 19.6 Å². The van der Waals surface area contributed by atoms with Gasteiger partial charge in [-0.15, -0.1) is 17.5 Å². The molecule has 2 amide bonds. The predicted octanol–water partition coefficient (Wildman–Crippen LogP) is 1.72. The molecule has 2 aromatic rings. The number of hydrogen-bond donors (Lipinski definition) is 2. The van der Waals surface area contributed by atoms with E-state index in [0.29, 0.717) is 25.3 Å². The molecule has 2 aliphatic rings. The molecule has 3 heterocycles. The molecule has 0 saturated carbocycles. The fraction of sp³-hybridized carbons (Fsp3) is 0.524. The Balaban J connectivity index is 0.00000256. The van der Waals surface area contributed by atoms with Gasteiger partial charge in [-0.1, -0.05) is 22.9 Å². The minimum Gasteiger partial charge on any atom is -0.354 e. The van der Waals surface area contributed by atoms with E-state index in [1.807, 2.05) is 36.1 Å². The highest BCUT2D eigenvalue weighted by Gasteiger charge is 2.28. The SMILES string of the molecule is Cc1ccc(-n2cc(C(=O)N3CCCC(CNC(=O)C4CCCN4)C3)nn2)cc1.Cl. The molecule has 9 heteroatoms. The minimum absolute atomic E-state index is 0. The van der Waals surface area contributed by atoms with Crippen LogP contribution in [0.15, 0.2) is 30.5 Å². The van der Waals surface area contributed by atoms with Crippen molar-refractivity contribution in [3.05, 3.63) is 41.7 Å². The Morgan fingerprint density at radius 3 is 2.73 bits per heavy atom. The third-order valence-electron chi connectivity index (χ3n) is 5.76. The van der Waals surface area contributed by atoms with Gasteiger partial charge >= 0.3 is 0 Å². The summed E-state index contributed by atoms with van der Waals surface area (Å²) in [5.74, 6) is 0.244. The molecule has 2 unspecified atom stereocenters. The molecule has 4 rings (SSSR count). The van der Waals surface area contributed by atoms with Crippen molar-refractivity contribution in [2.75, 3.05) is 26.2 Å². The molecule has 8 nitrogen and oxygen atoms in total. The lowest BCUT2D eigenvalue weighted by atomic mass is 9.97. The number of aromatic nitrogens is 3. The Kier molecular flexibility index (Phi) is 7.44. The number of amides is 2. The predicted molar refractivity (Wildman–Crippen MR) is 116 cm³/mol. The van der Waals surface area contributed by atoms with Crippen molar-refractivity contribution in [1.82, 2.24) is 30.5 Å². The highest BCUT2D eigenvalue weighted by atomic mass is 35.5. The summed E-state index contributed by atoms with van der Waals surface area (Å²) in [5.41, 5.74) is 2.40. The van der Waals surface area contributed by atoms with Crippen LogP contribution in [0.25, 0.3) is 5.69 Å². The molecule has 0 spiro atoms.